The van der Waals surface area contributed by atoms with Crippen LogP contribution in [0.5, 0.6) is 0 Å². The molecule has 1 unspecified atom stereocenters. The van der Waals surface area contributed by atoms with E-state index in [0.717, 1.165) is 31.1 Å². The van der Waals surface area contributed by atoms with Crippen LogP contribution in [0.15, 0.2) is 29.3 Å². The fourth-order valence-corrected chi connectivity index (χ4v) is 2.89. The summed E-state index contributed by atoms with van der Waals surface area (Å²) in [6.45, 7) is 6.09. The molecular formula is C16H25ClN4. The molecule has 2 rings (SSSR count). The highest BCUT2D eigenvalue weighted by Gasteiger charge is 2.22. The average Bonchev–Trinajstić information content (AvgIpc) is 2.95. The van der Waals surface area contributed by atoms with Crippen molar-refractivity contribution in [2.24, 2.45) is 10.7 Å². The van der Waals surface area contributed by atoms with Crippen molar-refractivity contribution >= 4 is 17.6 Å². The first-order chi connectivity index (χ1) is 10.2. The Kier molecular flexibility index (Phi) is 6.33. The third-order valence-electron chi connectivity index (χ3n) is 4.01. The highest BCUT2D eigenvalue weighted by molar-refractivity contribution is 6.30. The molecule has 21 heavy (non-hydrogen) atoms. The molecule has 0 bridgehead atoms. The van der Waals surface area contributed by atoms with Gasteiger partial charge in [0.15, 0.2) is 5.96 Å². The Hall–Kier alpha value is -1.26. The van der Waals surface area contributed by atoms with E-state index in [1.54, 1.807) is 0 Å². The van der Waals surface area contributed by atoms with E-state index in [1.807, 2.05) is 24.3 Å². The first-order valence-electron chi connectivity index (χ1n) is 7.71. The molecule has 1 saturated heterocycles. The van der Waals surface area contributed by atoms with Crippen molar-refractivity contribution < 1.29 is 0 Å². The zero-order chi connectivity index (χ0) is 15.1. The molecular weight excluding hydrogens is 284 g/mol. The Morgan fingerprint density at radius 1 is 1.43 bits per heavy atom. The molecule has 3 N–H and O–H groups in total. The molecule has 0 aromatic heterocycles. The number of hydrogen-bond acceptors (Lipinski definition) is 2. The monoisotopic (exact) mass is 308 g/mol. The molecule has 0 amide bonds. The van der Waals surface area contributed by atoms with Gasteiger partial charge in [0, 0.05) is 17.6 Å². The SMILES string of the molecule is CCN1CCCC1CN=C(N)NCCc1ccc(Cl)cc1. The molecule has 0 saturated carbocycles. The topological polar surface area (TPSA) is 53.6 Å². The number of aliphatic imine (C=N–C) groups is 1. The second-order valence-electron chi connectivity index (χ2n) is 5.45. The van der Waals surface area contributed by atoms with Gasteiger partial charge in [-0.15, -0.1) is 0 Å². The van der Waals surface area contributed by atoms with Crippen molar-refractivity contribution in [3.05, 3.63) is 34.9 Å². The lowest BCUT2D eigenvalue weighted by molar-refractivity contribution is 0.273. The first-order valence-corrected chi connectivity index (χ1v) is 8.09. The molecule has 1 aliphatic rings. The Morgan fingerprint density at radius 2 is 2.19 bits per heavy atom. The van der Waals surface area contributed by atoms with Crippen molar-refractivity contribution in [2.45, 2.75) is 32.2 Å². The van der Waals surface area contributed by atoms with Gasteiger partial charge in [0.1, 0.15) is 0 Å². The van der Waals surface area contributed by atoms with Crippen molar-refractivity contribution in [1.29, 1.82) is 0 Å². The maximum absolute atomic E-state index is 5.93. The van der Waals surface area contributed by atoms with E-state index in [2.05, 4.69) is 22.1 Å². The fourth-order valence-electron chi connectivity index (χ4n) is 2.76. The maximum Gasteiger partial charge on any atom is 0.188 e. The van der Waals surface area contributed by atoms with E-state index in [-0.39, 0.29) is 0 Å². The third-order valence-corrected chi connectivity index (χ3v) is 4.26. The third kappa shape index (κ3) is 5.21. The van der Waals surface area contributed by atoms with Gasteiger partial charge in [0.25, 0.3) is 0 Å². The molecule has 0 spiro atoms. The van der Waals surface area contributed by atoms with Gasteiger partial charge in [0.05, 0.1) is 6.54 Å². The zero-order valence-electron chi connectivity index (χ0n) is 12.7. The number of hydrogen-bond donors (Lipinski definition) is 2. The van der Waals surface area contributed by atoms with Crippen molar-refractivity contribution in [3.8, 4) is 0 Å². The summed E-state index contributed by atoms with van der Waals surface area (Å²) in [5, 5.41) is 3.95. The molecule has 4 nitrogen and oxygen atoms in total. The number of nitrogens with zero attached hydrogens (tertiary/aromatic N) is 2. The number of likely N-dealkylation sites (N-methyl/N-ethyl adjacent to an activating group) is 1. The van der Waals surface area contributed by atoms with Crippen LogP contribution in [-0.4, -0.2) is 43.1 Å². The summed E-state index contributed by atoms with van der Waals surface area (Å²) in [7, 11) is 0. The molecule has 1 aliphatic heterocycles. The summed E-state index contributed by atoms with van der Waals surface area (Å²) in [5.41, 5.74) is 7.17. The standard InChI is InChI=1S/C16H25ClN4/c1-2-21-11-3-4-15(21)12-20-16(18)19-10-9-13-5-7-14(17)8-6-13/h5-8,15H,2-4,9-12H2,1H3,(H3,18,19,20). The largest absolute Gasteiger partial charge is 0.370 e. The van der Waals surface area contributed by atoms with Gasteiger partial charge in [-0.3, -0.25) is 9.89 Å². The van der Waals surface area contributed by atoms with Gasteiger partial charge in [-0.25, -0.2) is 0 Å². The van der Waals surface area contributed by atoms with Gasteiger partial charge >= 0.3 is 0 Å². The Morgan fingerprint density at radius 3 is 2.90 bits per heavy atom. The van der Waals surface area contributed by atoms with Gasteiger partial charge in [-0.05, 0) is 50.0 Å². The summed E-state index contributed by atoms with van der Waals surface area (Å²) < 4.78 is 0. The Balaban J connectivity index is 1.70. The van der Waals surface area contributed by atoms with Crippen LogP contribution in [0.1, 0.15) is 25.3 Å². The van der Waals surface area contributed by atoms with E-state index in [4.69, 9.17) is 17.3 Å². The quantitative estimate of drug-likeness (QED) is 0.626. The number of nitrogens with one attached hydrogen (secondary N) is 1. The summed E-state index contributed by atoms with van der Waals surface area (Å²) in [4.78, 5) is 6.95. The predicted molar refractivity (Wildman–Crippen MR) is 89.9 cm³/mol. The molecule has 1 aromatic carbocycles. The molecule has 1 heterocycles. The number of rotatable bonds is 6. The van der Waals surface area contributed by atoms with Crippen molar-refractivity contribution in [3.63, 3.8) is 0 Å². The van der Waals surface area contributed by atoms with Gasteiger partial charge in [-0.1, -0.05) is 30.7 Å². The van der Waals surface area contributed by atoms with E-state index in [9.17, 15) is 0 Å². The normalized spacial score (nSPS) is 19.9. The van der Waals surface area contributed by atoms with E-state index in [0.29, 0.717) is 12.0 Å². The Labute approximate surface area is 132 Å². The lowest BCUT2D eigenvalue weighted by atomic mass is 10.1. The molecule has 1 fully saturated rings. The van der Waals surface area contributed by atoms with Crippen molar-refractivity contribution in [2.75, 3.05) is 26.2 Å². The summed E-state index contributed by atoms with van der Waals surface area (Å²) >= 11 is 5.86. The smallest absolute Gasteiger partial charge is 0.188 e. The van der Waals surface area contributed by atoms with Crippen LogP contribution in [0.3, 0.4) is 0 Å². The summed E-state index contributed by atoms with van der Waals surface area (Å²) in [6, 6.07) is 8.46. The number of likely N-dealkylation sites (tertiary alicyclic amines) is 1. The molecule has 0 radical (unpaired) electrons. The maximum atomic E-state index is 5.93. The molecule has 1 atom stereocenters. The van der Waals surface area contributed by atoms with Gasteiger partial charge in [0.2, 0.25) is 0 Å². The van der Waals surface area contributed by atoms with E-state index >= 15 is 0 Å². The van der Waals surface area contributed by atoms with Crippen LogP contribution in [0.2, 0.25) is 5.02 Å². The van der Waals surface area contributed by atoms with Crippen LogP contribution in [0, 0.1) is 0 Å². The highest BCUT2D eigenvalue weighted by atomic mass is 35.5. The van der Waals surface area contributed by atoms with Crippen LogP contribution in [-0.2, 0) is 6.42 Å². The van der Waals surface area contributed by atoms with Crippen LogP contribution < -0.4 is 11.1 Å². The minimum atomic E-state index is 0.548. The lowest BCUT2D eigenvalue weighted by Gasteiger charge is -2.20. The Bertz CT molecular complexity index is 458. The number of guanidine groups is 1. The predicted octanol–water partition coefficient (Wildman–Crippen LogP) is 2.27. The molecule has 116 valence electrons. The van der Waals surface area contributed by atoms with Crippen LogP contribution >= 0.6 is 11.6 Å². The van der Waals surface area contributed by atoms with Crippen molar-refractivity contribution in [1.82, 2.24) is 10.2 Å². The fraction of sp³-hybridized carbons (Fsp3) is 0.562. The number of nitrogens with two attached hydrogens (primary N) is 1. The number of benzene rings is 1. The zero-order valence-corrected chi connectivity index (χ0v) is 13.4. The minimum absolute atomic E-state index is 0.548. The van der Waals surface area contributed by atoms with E-state index < -0.39 is 0 Å². The molecule has 5 heteroatoms. The highest BCUT2D eigenvalue weighted by Crippen LogP contribution is 2.16. The lowest BCUT2D eigenvalue weighted by Crippen LogP contribution is -2.36. The van der Waals surface area contributed by atoms with Gasteiger partial charge < -0.3 is 11.1 Å². The van der Waals surface area contributed by atoms with Crippen LogP contribution in [0.4, 0.5) is 0 Å². The van der Waals surface area contributed by atoms with E-state index in [1.165, 1.54) is 24.9 Å². The van der Waals surface area contributed by atoms with Gasteiger partial charge in [-0.2, -0.15) is 0 Å². The second-order valence-corrected chi connectivity index (χ2v) is 5.89. The summed E-state index contributed by atoms with van der Waals surface area (Å²) in [5.74, 6) is 0.548. The molecule has 0 aliphatic carbocycles. The summed E-state index contributed by atoms with van der Waals surface area (Å²) in [6.07, 6.45) is 3.42. The number of halogens is 1. The minimum Gasteiger partial charge on any atom is -0.370 e. The average molecular weight is 309 g/mol. The molecule has 1 aromatic rings. The second kappa shape index (κ2) is 8.25. The first kappa shape index (κ1) is 16.1. The van der Waals surface area contributed by atoms with Crippen LogP contribution in [0.25, 0.3) is 0 Å².